The summed E-state index contributed by atoms with van der Waals surface area (Å²) in [5.41, 5.74) is 2.26. The fourth-order valence-corrected chi connectivity index (χ4v) is 2.46. The average Bonchev–Trinajstić information content (AvgIpc) is 2.83. The summed E-state index contributed by atoms with van der Waals surface area (Å²) in [5, 5.41) is 0. The van der Waals surface area contributed by atoms with Gasteiger partial charge in [0.05, 0.1) is 19.8 Å². The Bertz CT molecular complexity index is 480. The van der Waals surface area contributed by atoms with E-state index in [1.807, 2.05) is 6.92 Å². The predicted molar refractivity (Wildman–Crippen MR) is 84.7 cm³/mol. The Kier molecular flexibility index (Phi) is 4.64. The van der Waals surface area contributed by atoms with E-state index in [4.69, 9.17) is 14.2 Å². The zero-order valence-electron chi connectivity index (χ0n) is 14.2. The van der Waals surface area contributed by atoms with Gasteiger partial charge >= 0.3 is 0 Å². The first-order chi connectivity index (χ1) is 9.72. The molecule has 0 radical (unpaired) electrons. The Morgan fingerprint density at radius 1 is 1.19 bits per heavy atom. The summed E-state index contributed by atoms with van der Waals surface area (Å²) in [7, 11) is 0. The molecule has 1 aromatic carbocycles. The largest absolute Gasteiger partial charge is 0.493 e. The number of ether oxygens (including phenoxy) is 3. The van der Waals surface area contributed by atoms with E-state index in [9.17, 15) is 0 Å². The molecule has 2 rings (SSSR count). The summed E-state index contributed by atoms with van der Waals surface area (Å²) in [6.07, 6.45) is 0. The van der Waals surface area contributed by atoms with Crippen LogP contribution in [-0.4, -0.2) is 19.8 Å². The van der Waals surface area contributed by atoms with Crippen LogP contribution in [0.3, 0.4) is 0 Å². The first-order valence-electron chi connectivity index (χ1n) is 7.78. The van der Waals surface area contributed by atoms with E-state index < -0.39 is 5.79 Å². The van der Waals surface area contributed by atoms with Gasteiger partial charge in [0.25, 0.3) is 0 Å². The summed E-state index contributed by atoms with van der Waals surface area (Å²) < 4.78 is 17.5. The molecule has 0 bridgehead atoms. The lowest BCUT2D eigenvalue weighted by Crippen LogP contribution is -2.24. The number of rotatable bonds is 4. The van der Waals surface area contributed by atoms with Gasteiger partial charge in [-0.2, -0.15) is 0 Å². The summed E-state index contributed by atoms with van der Waals surface area (Å²) in [6, 6.07) is 6.27. The van der Waals surface area contributed by atoms with Crippen LogP contribution >= 0.6 is 0 Å². The first-order valence-corrected chi connectivity index (χ1v) is 7.78. The fraction of sp³-hybridized carbons (Fsp3) is 0.667. The van der Waals surface area contributed by atoms with Gasteiger partial charge in [0, 0.05) is 5.56 Å². The molecule has 0 aromatic heterocycles. The third kappa shape index (κ3) is 3.78. The lowest BCUT2D eigenvalue weighted by molar-refractivity contribution is -0.149. The van der Waals surface area contributed by atoms with Gasteiger partial charge in [-0.05, 0) is 42.0 Å². The Labute approximate surface area is 128 Å². The maximum atomic E-state index is 5.99. The van der Waals surface area contributed by atoms with Crippen LogP contribution in [0.1, 0.15) is 52.7 Å². The van der Waals surface area contributed by atoms with Crippen molar-refractivity contribution in [1.29, 1.82) is 0 Å². The number of hydrogen-bond donors (Lipinski definition) is 0. The third-order valence-electron chi connectivity index (χ3n) is 3.72. The number of benzene rings is 1. The summed E-state index contributed by atoms with van der Waals surface area (Å²) in [4.78, 5) is 0. The SMILES string of the molecule is CC(C)COc1ccc(C2(C)OCCO2)cc1C(C)(C)C. The molecule has 1 saturated heterocycles. The van der Waals surface area contributed by atoms with Crippen molar-refractivity contribution in [3.8, 4) is 5.75 Å². The van der Waals surface area contributed by atoms with Crippen molar-refractivity contribution in [2.45, 2.75) is 52.7 Å². The van der Waals surface area contributed by atoms with Crippen molar-refractivity contribution in [2.24, 2.45) is 5.92 Å². The Hall–Kier alpha value is -1.06. The molecular weight excluding hydrogens is 264 g/mol. The molecule has 0 unspecified atom stereocenters. The quantitative estimate of drug-likeness (QED) is 0.831. The fourth-order valence-electron chi connectivity index (χ4n) is 2.46. The van der Waals surface area contributed by atoms with E-state index in [2.05, 4.69) is 52.8 Å². The van der Waals surface area contributed by atoms with E-state index in [-0.39, 0.29) is 5.41 Å². The molecule has 0 atom stereocenters. The normalized spacial score (nSPS) is 18.2. The smallest absolute Gasteiger partial charge is 0.192 e. The monoisotopic (exact) mass is 292 g/mol. The van der Waals surface area contributed by atoms with Gasteiger partial charge in [0.15, 0.2) is 5.79 Å². The van der Waals surface area contributed by atoms with E-state index >= 15 is 0 Å². The minimum absolute atomic E-state index is 0.0112. The summed E-state index contributed by atoms with van der Waals surface area (Å²) >= 11 is 0. The van der Waals surface area contributed by atoms with Crippen LogP contribution in [0.25, 0.3) is 0 Å². The van der Waals surface area contributed by atoms with Crippen LogP contribution in [0.2, 0.25) is 0 Å². The Morgan fingerprint density at radius 3 is 2.33 bits per heavy atom. The van der Waals surface area contributed by atoms with Crippen LogP contribution in [0, 0.1) is 5.92 Å². The van der Waals surface area contributed by atoms with Gasteiger partial charge in [-0.25, -0.2) is 0 Å². The summed E-state index contributed by atoms with van der Waals surface area (Å²) in [6.45, 7) is 14.9. The first kappa shape index (κ1) is 16.3. The standard InChI is InChI=1S/C18H28O3/c1-13(2)12-19-16-8-7-14(11-15(16)17(3,4)5)18(6)20-9-10-21-18/h7-8,11,13H,9-10,12H2,1-6H3. The average molecular weight is 292 g/mol. The Balaban J connectivity index is 2.35. The molecule has 3 heteroatoms. The van der Waals surface area contributed by atoms with Gasteiger partial charge in [-0.3, -0.25) is 0 Å². The summed E-state index contributed by atoms with van der Waals surface area (Å²) in [5.74, 6) is 0.842. The topological polar surface area (TPSA) is 27.7 Å². The molecule has 118 valence electrons. The predicted octanol–water partition coefficient (Wildman–Crippen LogP) is 4.24. The molecule has 1 fully saturated rings. The van der Waals surface area contributed by atoms with E-state index in [1.165, 1.54) is 5.56 Å². The second-order valence-electron chi connectivity index (χ2n) is 7.31. The van der Waals surface area contributed by atoms with Crippen LogP contribution in [0.5, 0.6) is 5.75 Å². The molecule has 21 heavy (non-hydrogen) atoms. The van der Waals surface area contributed by atoms with Crippen molar-refractivity contribution in [2.75, 3.05) is 19.8 Å². The van der Waals surface area contributed by atoms with Crippen molar-refractivity contribution in [3.05, 3.63) is 29.3 Å². The highest BCUT2D eigenvalue weighted by Crippen LogP contribution is 2.38. The Morgan fingerprint density at radius 2 is 1.81 bits per heavy atom. The molecule has 0 aliphatic carbocycles. The van der Waals surface area contributed by atoms with Crippen molar-refractivity contribution < 1.29 is 14.2 Å². The zero-order valence-corrected chi connectivity index (χ0v) is 14.2. The third-order valence-corrected chi connectivity index (χ3v) is 3.72. The minimum atomic E-state index is -0.628. The maximum Gasteiger partial charge on any atom is 0.192 e. The van der Waals surface area contributed by atoms with Crippen LogP contribution in [-0.2, 0) is 20.7 Å². The van der Waals surface area contributed by atoms with Gasteiger partial charge < -0.3 is 14.2 Å². The lowest BCUT2D eigenvalue weighted by Gasteiger charge is -2.28. The highest BCUT2D eigenvalue weighted by atomic mass is 16.7. The van der Waals surface area contributed by atoms with Gasteiger partial charge in [0.1, 0.15) is 5.75 Å². The molecule has 0 spiro atoms. The van der Waals surface area contributed by atoms with Crippen LogP contribution in [0.15, 0.2) is 18.2 Å². The van der Waals surface area contributed by atoms with E-state index in [0.717, 1.165) is 17.9 Å². The zero-order chi connectivity index (χ0) is 15.7. The molecule has 1 aromatic rings. The molecule has 0 N–H and O–H groups in total. The van der Waals surface area contributed by atoms with E-state index in [1.54, 1.807) is 0 Å². The molecule has 1 aliphatic rings. The van der Waals surface area contributed by atoms with Gasteiger partial charge in [-0.1, -0.05) is 34.6 Å². The maximum absolute atomic E-state index is 5.99. The van der Waals surface area contributed by atoms with Gasteiger partial charge in [-0.15, -0.1) is 0 Å². The molecule has 1 aliphatic heterocycles. The van der Waals surface area contributed by atoms with Crippen LogP contribution < -0.4 is 4.74 Å². The number of hydrogen-bond acceptors (Lipinski definition) is 3. The second-order valence-corrected chi connectivity index (χ2v) is 7.31. The minimum Gasteiger partial charge on any atom is -0.493 e. The highest BCUT2D eigenvalue weighted by molar-refractivity contribution is 5.43. The molecular formula is C18H28O3. The molecule has 0 amide bonds. The molecule has 3 nitrogen and oxygen atoms in total. The second kappa shape index (κ2) is 5.98. The van der Waals surface area contributed by atoms with Crippen LogP contribution in [0.4, 0.5) is 0 Å². The van der Waals surface area contributed by atoms with Gasteiger partial charge in [0.2, 0.25) is 0 Å². The van der Waals surface area contributed by atoms with Crippen molar-refractivity contribution >= 4 is 0 Å². The lowest BCUT2D eigenvalue weighted by atomic mass is 9.84. The van der Waals surface area contributed by atoms with Crippen molar-refractivity contribution in [3.63, 3.8) is 0 Å². The molecule has 1 heterocycles. The van der Waals surface area contributed by atoms with E-state index in [0.29, 0.717) is 19.1 Å². The molecule has 0 saturated carbocycles. The highest BCUT2D eigenvalue weighted by Gasteiger charge is 2.34. The van der Waals surface area contributed by atoms with Crippen molar-refractivity contribution in [1.82, 2.24) is 0 Å².